The van der Waals surface area contributed by atoms with E-state index in [0.717, 1.165) is 12.8 Å². The minimum Gasteiger partial charge on any atom is -0.481 e. The Balaban J connectivity index is 0. The molecule has 4 heteroatoms. The first-order chi connectivity index (χ1) is 9.33. The van der Waals surface area contributed by atoms with E-state index in [1.54, 1.807) is 6.92 Å². The van der Waals surface area contributed by atoms with Gasteiger partial charge in [-0.15, -0.1) is 0 Å². The highest BCUT2D eigenvalue weighted by Gasteiger charge is 2.03. The maximum atomic E-state index is 10.9. The number of carboxylic acid groups (broad SMARTS) is 1. The van der Waals surface area contributed by atoms with Crippen LogP contribution in [-0.4, -0.2) is 23.7 Å². The Morgan fingerprint density at radius 1 is 1.15 bits per heavy atom. The topological polar surface area (TPSA) is 63.6 Å². The highest BCUT2D eigenvalue weighted by atomic mass is 16.5. The number of ether oxygens (including phenoxy) is 1. The molecule has 0 saturated heterocycles. The molecule has 0 radical (unpaired) electrons. The smallest absolute Gasteiger partial charge is 0.305 e. The molecule has 0 aliphatic rings. The first-order valence-electron chi connectivity index (χ1n) is 7.34. The van der Waals surface area contributed by atoms with Crippen LogP contribution in [0.1, 0.15) is 66.7 Å². The summed E-state index contributed by atoms with van der Waals surface area (Å²) in [5.41, 5.74) is 1.37. The average Bonchev–Trinajstić information content (AvgIpc) is 2.38. The molecule has 0 rings (SSSR count). The van der Waals surface area contributed by atoms with Gasteiger partial charge in [-0.05, 0) is 39.0 Å². The van der Waals surface area contributed by atoms with E-state index in [2.05, 4.69) is 26.8 Å². The van der Waals surface area contributed by atoms with Crippen molar-refractivity contribution >= 4 is 11.9 Å². The maximum Gasteiger partial charge on any atom is 0.305 e. The van der Waals surface area contributed by atoms with Gasteiger partial charge in [0.2, 0.25) is 0 Å². The summed E-state index contributed by atoms with van der Waals surface area (Å²) in [4.78, 5) is 20.2. The van der Waals surface area contributed by atoms with Gasteiger partial charge < -0.3 is 9.84 Å². The zero-order chi connectivity index (χ0) is 16.0. The molecule has 0 aliphatic heterocycles. The summed E-state index contributed by atoms with van der Waals surface area (Å²) in [7, 11) is 0. The van der Waals surface area contributed by atoms with Crippen LogP contribution in [0.5, 0.6) is 0 Å². The van der Waals surface area contributed by atoms with E-state index in [9.17, 15) is 9.59 Å². The van der Waals surface area contributed by atoms with Crippen molar-refractivity contribution in [2.24, 2.45) is 5.92 Å². The van der Waals surface area contributed by atoms with E-state index in [1.807, 2.05) is 6.92 Å². The van der Waals surface area contributed by atoms with Crippen molar-refractivity contribution in [1.29, 1.82) is 0 Å². The molecule has 0 heterocycles. The lowest BCUT2D eigenvalue weighted by atomic mass is 10.0. The van der Waals surface area contributed by atoms with Crippen molar-refractivity contribution in [3.05, 3.63) is 11.6 Å². The molecule has 20 heavy (non-hydrogen) atoms. The van der Waals surface area contributed by atoms with E-state index in [1.165, 1.54) is 12.0 Å². The Morgan fingerprint density at radius 2 is 1.70 bits per heavy atom. The summed E-state index contributed by atoms with van der Waals surface area (Å²) in [5.74, 6) is -0.207. The number of allylic oxidation sites excluding steroid dienone is 2. The normalized spacial score (nSPS) is 10.8. The fraction of sp³-hybridized carbons (Fsp3) is 0.750. The van der Waals surface area contributed by atoms with Crippen molar-refractivity contribution in [1.82, 2.24) is 0 Å². The maximum absolute atomic E-state index is 10.9. The third-order valence-electron chi connectivity index (χ3n) is 2.68. The molecule has 0 amide bonds. The van der Waals surface area contributed by atoms with E-state index in [4.69, 9.17) is 9.84 Å². The largest absolute Gasteiger partial charge is 0.481 e. The lowest BCUT2D eigenvalue weighted by Crippen LogP contribution is -2.07. The van der Waals surface area contributed by atoms with E-state index in [-0.39, 0.29) is 12.4 Å². The van der Waals surface area contributed by atoms with Gasteiger partial charge in [0.15, 0.2) is 0 Å². The fourth-order valence-electron chi connectivity index (χ4n) is 1.28. The third kappa shape index (κ3) is 19.0. The Kier molecular flexibility index (Phi) is 14.8. The van der Waals surface area contributed by atoms with Gasteiger partial charge in [-0.25, -0.2) is 0 Å². The average molecular weight is 286 g/mol. The van der Waals surface area contributed by atoms with Crippen LogP contribution < -0.4 is 0 Å². The van der Waals surface area contributed by atoms with E-state index < -0.39 is 5.97 Å². The van der Waals surface area contributed by atoms with Crippen LogP contribution in [-0.2, 0) is 14.3 Å². The van der Waals surface area contributed by atoms with Gasteiger partial charge in [0.25, 0.3) is 0 Å². The molecule has 0 bridgehead atoms. The Hall–Kier alpha value is -1.32. The molecule has 1 atom stereocenters. The number of esters is 1. The molecular formula is C16H30O4. The second kappa shape index (κ2) is 14.1. The Labute approximate surface area is 123 Å². The number of carboxylic acids is 1. The second-order valence-electron chi connectivity index (χ2n) is 5.07. The fourth-order valence-corrected chi connectivity index (χ4v) is 1.28. The number of rotatable bonds is 8. The van der Waals surface area contributed by atoms with Gasteiger partial charge in [0, 0.05) is 12.8 Å². The van der Waals surface area contributed by atoms with Gasteiger partial charge in [-0.2, -0.15) is 0 Å². The van der Waals surface area contributed by atoms with Crippen LogP contribution in [0.25, 0.3) is 0 Å². The van der Waals surface area contributed by atoms with Crippen LogP contribution in [0.3, 0.4) is 0 Å². The molecule has 0 aromatic heterocycles. The Bertz CT molecular complexity index is 291. The number of carbonyl (C=O) groups is 2. The van der Waals surface area contributed by atoms with Crippen LogP contribution in [0.4, 0.5) is 0 Å². The van der Waals surface area contributed by atoms with Gasteiger partial charge in [-0.3, -0.25) is 9.59 Å². The van der Waals surface area contributed by atoms with Crippen molar-refractivity contribution in [2.75, 3.05) is 6.61 Å². The summed E-state index contributed by atoms with van der Waals surface area (Å²) < 4.78 is 5.03. The van der Waals surface area contributed by atoms with Crippen LogP contribution >= 0.6 is 0 Å². The molecule has 1 N–H and O–H groups in total. The highest BCUT2D eigenvalue weighted by molar-refractivity contribution is 5.68. The standard InChI is InChI=1S/C13H24O2.C3H6O2/c1-5-13(14)15-10-9-12(4)8-6-7-11(2)3;1-2-3(4)5/h7,12H,5-6,8-10H2,1-4H3;2H2,1H3,(H,4,5). The molecule has 0 aromatic carbocycles. The number of aliphatic carboxylic acids is 1. The highest BCUT2D eigenvalue weighted by Crippen LogP contribution is 2.11. The zero-order valence-electron chi connectivity index (χ0n) is 13.6. The lowest BCUT2D eigenvalue weighted by molar-refractivity contribution is -0.143. The van der Waals surface area contributed by atoms with Crippen molar-refractivity contribution in [2.45, 2.75) is 66.7 Å². The molecule has 4 nitrogen and oxygen atoms in total. The lowest BCUT2D eigenvalue weighted by Gasteiger charge is -2.10. The monoisotopic (exact) mass is 286 g/mol. The van der Waals surface area contributed by atoms with E-state index >= 15 is 0 Å². The van der Waals surface area contributed by atoms with Crippen LogP contribution in [0, 0.1) is 5.92 Å². The first kappa shape index (κ1) is 21.0. The summed E-state index contributed by atoms with van der Waals surface area (Å²) in [6.45, 7) is 10.4. The minimum atomic E-state index is -0.745. The SMILES string of the molecule is CCC(=O)O.CCC(=O)OCCC(C)CCC=C(C)C. The second-order valence-corrected chi connectivity index (χ2v) is 5.07. The molecule has 0 spiro atoms. The summed E-state index contributed by atoms with van der Waals surface area (Å²) >= 11 is 0. The van der Waals surface area contributed by atoms with Crippen LogP contribution in [0.15, 0.2) is 11.6 Å². The summed E-state index contributed by atoms with van der Waals surface area (Å²) in [6, 6.07) is 0. The molecular weight excluding hydrogens is 256 g/mol. The van der Waals surface area contributed by atoms with Gasteiger partial charge in [0.05, 0.1) is 6.61 Å². The predicted octanol–water partition coefficient (Wildman–Crippen LogP) is 4.19. The number of hydrogen-bond donors (Lipinski definition) is 1. The molecule has 0 aliphatic carbocycles. The quantitative estimate of drug-likeness (QED) is 0.536. The molecule has 118 valence electrons. The van der Waals surface area contributed by atoms with Crippen molar-refractivity contribution in [3.63, 3.8) is 0 Å². The molecule has 0 fully saturated rings. The molecule has 0 aromatic rings. The van der Waals surface area contributed by atoms with Gasteiger partial charge >= 0.3 is 11.9 Å². The van der Waals surface area contributed by atoms with Crippen molar-refractivity contribution in [3.8, 4) is 0 Å². The Morgan fingerprint density at radius 3 is 2.10 bits per heavy atom. The van der Waals surface area contributed by atoms with Crippen LogP contribution in [0.2, 0.25) is 0 Å². The third-order valence-corrected chi connectivity index (χ3v) is 2.68. The molecule has 1 unspecified atom stereocenters. The number of hydrogen-bond acceptors (Lipinski definition) is 3. The van der Waals surface area contributed by atoms with Gasteiger partial charge in [-0.1, -0.05) is 32.4 Å². The predicted molar refractivity (Wildman–Crippen MR) is 81.6 cm³/mol. The van der Waals surface area contributed by atoms with E-state index in [0.29, 0.717) is 18.9 Å². The zero-order valence-corrected chi connectivity index (χ0v) is 13.6. The molecule has 0 saturated carbocycles. The first-order valence-corrected chi connectivity index (χ1v) is 7.34. The summed E-state index contributed by atoms with van der Waals surface area (Å²) in [5, 5.41) is 7.72. The number of carbonyl (C=O) groups excluding carboxylic acids is 1. The minimum absolute atomic E-state index is 0.0912. The summed E-state index contributed by atoms with van der Waals surface area (Å²) in [6.07, 6.45) is 6.24. The van der Waals surface area contributed by atoms with Gasteiger partial charge in [0.1, 0.15) is 0 Å². The van der Waals surface area contributed by atoms with Crippen molar-refractivity contribution < 1.29 is 19.4 Å².